The van der Waals surface area contributed by atoms with Gasteiger partial charge in [0, 0.05) is 32.9 Å². The van der Waals surface area contributed by atoms with Crippen molar-refractivity contribution in [3.05, 3.63) is 24.3 Å². The van der Waals surface area contributed by atoms with Gasteiger partial charge in [-0.25, -0.2) is 12.7 Å². The Hall–Kier alpha value is -1.48. The third-order valence-electron chi connectivity index (χ3n) is 4.44. The van der Waals surface area contributed by atoms with Gasteiger partial charge in [0.1, 0.15) is 0 Å². The summed E-state index contributed by atoms with van der Waals surface area (Å²) in [6.07, 6.45) is 2.25. The maximum Gasteiger partial charge on any atom is 0.242 e. The monoisotopic (exact) mass is 369 g/mol. The number of nitrogens with one attached hydrogen (secondary N) is 1. The van der Waals surface area contributed by atoms with Crippen molar-refractivity contribution in [3.63, 3.8) is 0 Å². The van der Waals surface area contributed by atoms with Crippen molar-refractivity contribution < 1.29 is 17.9 Å². The first-order valence-corrected chi connectivity index (χ1v) is 9.81. The van der Waals surface area contributed by atoms with E-state index in [2.05, 4.69) is 5.32 Å². The summed E-state index contributed by atoms with van der Waals surface area (Å²) < 4.78 is 31.1. The van der Waals surface area contributed by atoms with Crippen LogP contribution in [0, 0.1) is 0 Å². The normalized spacial score (nSPS) is 19.4. The van der Waals surface area contributed by atoms with Crippen LogP contribution in [-0.4, -0.2) is 70.0 Å². The van der Waals surface area contributed by atoms with E-state index in [1.165, 1.54) is 26.2 Å². The van der Waals surface area contributed by atoms with Gasteiger partial charge < -0.3 is 10.1 Å². The summed E-state index contributed by atoms with van der Waals surface area (Å²) in [6.45, 7) is 3.31. The molecule has 1 N–H and O–H groups in total. The van der Waals surface area contributed by atoms with Gasteiger partial charge in [-0.05, 0) is 45.0 Å². The summed E-state index contributed by atoms with van der Waals surface area (Å²) >= 11 is 0. The molecule has 1 aromatic carbocycles. The lowest BCUT2D eigenvalue weighted by Crippen LogP contribution is -2.43. The fraction of sp³-hybridized carbons (Fsp3) is 0.588. The first kappa shape index (κ1) is 19.8. The predicted molar refractivity (Wildman–Crippen MR) is 97.0 cm³/mol. The van der Waals surface area contributed by atoms with Crippen LogP contribution in [-0.2, 0) is 19.6 Å². The van der Waals surface area contributed by atoms with Crippen LogP contribution in [0.5, 0.6) is 0 Å². The molecule has 1 fully saturated rings. The van der Waals surface area contributed by atoms with E-state index in [4.69, 9.17) is 4.74 Å². The summed E-state index contributed by atoms with van der Waals surface area (Å²) in [4.78, 5) is 14.6. The van der Waals surface area contributed by atoms with Crippen molar-refractivity contribution in [2.45, 2.75) is 36.8 Å². The smallest absolute Gasteiger partial charge is 0.242 e. The van der Waals surface area contributed by atoms with Gasteiger partial charge in [-0.15, -0.1) is 0 Å². The highest BCUT2D eigenvalue weighted by Crippen LogP contribution is 2.19. The summed E-state index contributed by atoms with van der Waals surface area (Å²) in [5.74, 6) is -0.181. The Labute approximate surface area is 150 Å². The topological polar surface area (TPSA) is 79.0 Å². The summed E-state index contributed by atoms with van der Waals surface area (Å²) in [5.41, 5.74) is 0.463. The lowest BCUT2D eigenvalue weighted by atomic mass is 10.2. The molecule has 25 heavy (non-hydrogen) atoms. The van der Waals surface area contributed by atoms with Gasteiger partial charge in [0.25, 0.3) is 0 Å². The fourth-order valence-corrected chi connectivity index (χ4v) is 3.61. The van der Waals surface area contributed by atoms with Crippen LogP contribution in [0.3, 0.4) is 0 Å². The largest absolute Gasteiger partial charge is 0.377 e. The number of hydrogen-bond acceptors (Lipinski definition) is 5. The quantitative estimate of drug-likeness (QED) is 0.785. The van der Waals surface area contributed by atoms with Crippen LogP contribution in [0.15, 0.2) is 29.2 Å². The minimum Gasteiger partial charge on any atom is -0.377 e. The van der Waals surface area contributed by atoms with E-state index in [1.54, 1.807) is 12.1 Å². The molecule has 0 spiro atoms. The van der Waals surface area contributed by atoms with Crippen molar-refractivity contribution in [2.24, 2.45) is 0 Å². The number of anilines is 1. The van der Waals surface area contributed by atoms with Crippen molar-refractivity contribution in [1.29, 1.82) is 0 Å². The Bertz CT molecular complexity index is 700. The Balaban J connectivity index is 2.02. The molecule has 1 aliphatic rings. The maximum absolute atomic E-state index is 12.5. The number of hydrogen-bond donors (Lipinski definition) is 1. The molecule has 2 rings (SSSR count). The molecule has 8 heteroatoms. The number of carbonyl (C=O) groups is 1. The van der Waals surface area contributed by atoms with Gasteiger partial charge in [-0.1, -0.05) is 6.07 Å². The first-order valence-electron chi connectivity index (χ1n) is 8.37. The van der Waals surface area contributed by atoms with Crippen LogP contribution in [0.4, 0.5) is 5.69 Å². The zero-order chi connectivity index (χ0) is 18.6. The number of likely N-dealkylation sites (N-methyl/N-ethyl adjacent to an activating group) is 1. The lowest BCUT2D eigenvalue weighted by molar-refractivity contribution is -0.120. The molecule has 0 bridgehead atoms. The second-order valence-corrected chi connectivity index (χ2v) is 8.71. The standard InChI is InChI=1S/C17H27N3O4S/c1-13(20(4)12-15-8-6-10-24-15)17(21)18-14-7-5-9-16(11-14)25(22,23)19(2)3/h5,7,9,11,13,15H,6,8,10,12H2,1-4H3,(H,18,21). The Kier molecular flexibility index (Phi) is 6.56. The van der Waals surface area contributed by atoms with E-state index < -0.39 is 10.0 Å². The van der Waals surface area contributed by atoms with Crippen molar-refractivity contribution >= 4 is 21.6 Å². The van der Waals surface area contributed by atoms with E-state index in [1.807, 2.05) is 18.9 Å². The number of ether oxygens (including phenoxy) is 1. The van der Waals surface area contributed by atoms with Gasteiger partial charge in [0.05, 0.1) is 17.0 Å². The minimum absolute atomic E-state index is 0.149. The van der Waals surface area contributed by atoms with Crippen molar-refractivity contribution in [2.75, 3.05) is 39.6 Å². The molecule has 0 radical (unpaired) electrons. The second-order valence-electron chi connectivity index (χ2n) is 6.56. The van der Waals surface area contributed by atoms with Gasteiger partial charge in [-0.3, -0.25) is 9.69 Å². The molecule has 7 nitrogen and oxygen atoms in total. The molecule has 1 amide bonds. The SMILES string of the molecule is CC(C(=O)Nc1cccc(S(=O)(=O)N(C)C)c1)N(C)CC1CCCO1. The van der Waals surface area contributed by atoms with Gasteiger partial charge in [0.15, 0.2) is 0 Å². The zero-order valence-electron chi connectivity index (χ0n) is 15.2. The molecule has 1 aromatic rings. The van der Waals surface area contributed by atoms with Gasteiger partial charge >= 0.3 is 0 Å². The number of rotatable bonds is 7. The number of sulfonamides is 1. The minimum atomic E-state index is -3.53. The molecule has 2 unspecified atom stereocenters. The molecule has 0 saturated carbocycles. The average molecular weight is 369 g/mol. The van der Waals surface area contributed by atoms with E-state index in [-0.39, 0.29) is 22.9 Å². The highest BCUT2D eigenvalue weighted by atomic mass is 32.2. The zero-order valence-corrected chi connectivity index (χ0v) is 16.0. The number of amides is 1. The molecular weight excluding hydrogens is 342 g/mol. The van der Waals surface area contributed by atoms with Gasteiger partial charge in [-0.2, -0.15) is 0 Å². The van der Waals surface area contributed by atoms with E-state index >= 15 is 0 Å². The first-order chi connectivity index (χ1) is 11.7. The highest BCUT2D eigenvalue weighted by Gasteiger charge is 2.24. The molecule has 1 aliphatic heterocycles. The van der Waals surface area contributed by atoms with E-state index in [0.717, 1.165) is 23.8 Å². The third-order valence-corrected chi connectivity index (χ3v) is 6.25. The van der Waals surface area contributed by atoms with Crippen LogP contribution < -0.4 is 5.32 Å². The molecular formula is C17H27N3O4S. The van der Waals surface area contributed by atoms with Gasteiger partial charge in [0.2, 0.25) is 15.9 Å². The molecule has 0 aromatic heterocycles. The predicted octanol–water partition coefficient (Wildman–Crippen LogP) is 1.37. The fourth-order valence-electron chi connectivity index (χ4n) is 2.66. The molecule has 2 atom stereocenters. The molecule has 1 heterocycles. The Morgan fingerprint density at radius 2 is 2.08 bits per heavy atom. The number of carbonyl (C=O) groups excluding carboxylic acids is 1. The van der Waals surface area contributed by atoms with E-state index in [9.17, 15) is 13.2 Å². The second kappa shape index (κ2) is 8.27. The Morgan fingerprint density at radius 1 is 1.36 bits per heavy atom. The van der Waals surface area contributed by atoms with Crippen molar-refractivity contribution in [3.8, 4) is 0 Å². The van der Waals surface area contributed by atoms with Crippen LogP contribution in [0.2, 0.25) is 0 Å². The molecule has 1 saturated heterocycles. The number of benzene rings is 1. The average Bonchev–Trinajstić information content (AvgIpc) is 3.07. The summed E-state index contributed by atoms with van der Waals surface area (Å²) in [7, 11) is 1.31. The molecule has 0 aliphatic carbocycles. The van der Waals surface area contributed by atoms with Crippen LogP contribution >= 0.6 is 0 Å². The third kappa shape index (κ3) is 5.01. The Morgan fingerprint density at radius 3 is 2.68 bits per heavy atom. The maximum atomic E-state index is 12.5. The molecule has 140 valence electrons. The summed E-state index contributed by atoms with van der Waals surface area (Å²) in [6, 6.07) is 5.93. The van der Waals surface area contributed by atoms with Crippen LogP contribution in [0.1, 0.15) is 19.8 Å². The highest BCUT2D eigenvalue weighted by molar-refractivity contribution is 7.89. The lowest BCUT2D eigenvalue weighted by Gasteiger charge is -2.26. The van der Waals surface area contributed by atoms with Crippen LogP contribution in [0.25, 0.3) is 0 Å². The summed E-state index contributed by atoms with van der Waals surface area (Å²) in [5, 5.41) is 2.79. The van der Waals surface area contributed by atoms with E-state index in [0.29, 0.717) is 12.2 Å². The number of nitrogens with zero attached hydrogens (tertiary/aromatic N) is 2. The van der Waals surface area contributed by atoms with Crippen molar-refractivity contribution in [1.82, 2.24) is 9.21 Å².